The van der Waals surface area contributed by atoms with E-state index in [1.54, 1.807) is 6.07 Å². The first-order valence-electron chi connectivity index (χ1n) is 10.0. The molecule has 3 aromatic carbocycles. The fourth-order valence-electron chi connectivity index (χ4n) is 3.81. The van der Waals surface area contributed by atoms with Gasteiger partial charge < -0.3 is 10.0 Å². The van der Waals surface area contributed by atoms with Gasteiger partial charge in [-0.3, -0.25) is 15.1 Å². The van der Waals surface area contributed by atoms with Crippen molar-refractivity contribution in [1.29, 1.82) is 0 Å². The number of hydrogen-bond acceptors (Lipinski definition) is 5. The zero-order chi connectivity index (χ0) is 20.9. The maximum absolute atomic E-state index is 11.5. The Labute approximate surface area is 175 Å². The number of aromatic hydroxyl groups is 1. The molecule has 0 saturated carbocycles. The van der Waals surface area contributed by atoms with Crippen molar-refractivity contribution in [1.82, 2.24) is 0 Å². The van der Waals surface area contributed by atoms with Crippen molar-refractivity contribution in [2.24, 2.45) is 4.99 Å². The summed E-state index contributed by atoms with van der Waals surface area (Å²) >= 11 is 0. The van der Waals surface area contributed by atoms with E-state index in [1.165, 1.54) is 12.3 Å². The van der Waals surface area contributed by atoms with Gasteiger partial charge in [0.25, 0.3) is 0 Å². The van der Waals surface area contributed by atoms with Crippen molar-refractivity contribution in [3.8, 4) is 5.75 Å². The lowest BCUT2D eigenvalue weighted by atomic mass is 10.0. The molecule has 30 heavy (non-hydrogen) atoms. The SMILES string of the molecule is O=[N+]([O-])c1cc(Cc2ccccc2)cc(C=Nc2ccccc2N2CCCC2)c1O. The number of rotatable bonds is 6. The summed E-state index contributed by atoms with van der Waals surface area (Å²) in [5.74, 6) is -0.362. The molecule has 1 N–H and O–H groups in total. The maximum Gasteiger partial charge on any atom is 0.311 e. The van der Waals surface area contributed by atoms with Crippen LogP contribution in [0.3, 0.4) is 0 Å². The third-order valence-electron chi connectivity index (χ3n) is 5.30. The number of nitro benzene ring substituents is 1. The van der Waals surface area contributed by atoms with Gasteiger partial charge in [0.15, 0.2) is 0 Å². The van der Waals surface area contributed by atoms with Gasteiger partial charge in [-0.1, -0.05) is 42.5 Å². The molecule has 0 aliphatic carbocycles. The van der Waals surface area contributed by atoms with Crippen LogP contribution < -0.4 is 4.90 Å². The van der Waals surface area contributed by atoms with Crippen LogP contribution in [0.5, 0.6) is 5.75 Å². The van der Waals surface area contributed by atoms with Gasteiger partial charge in [0.05, 0.1) is 16.3 Å². The third-order valence-corrected chi connectivity index (χ3v) is 5.30. The molecule has 0 aromatic heterocycles. The average Bonchev–Trinajstić information content (AvgIpc) is 3.29. The van der Waals surface area contributed by atoms with E-state index in [0.717, 1.165) is 48.4 Å². The lowest BCUT2D eigenvalue weighted by Gasteiger charge is -2.19. The van der Waals surface area contributed by atoms with Crippen LogP contribution >= 0.6 is 0 Å². The number of nitrogens with zero attached hydrogens (tertiary/aromatic N) is 3. The van der Waals surface area contributed by atoms with E-state index in [4.69, 9.17) is 0 Å². The minimum absolute atomic E-state index is 0.308. The van der Waals surface area contributed by atoms with E-state index in [2.05, 4.69) is 9.89 Å². The van der Waals surface area contributed by atoms with Crippen LogP contribution in [0.2, 0.25) is 0 Å². The van der Waals surface area contributed by atoms with Gasteiger partial charge in [-0.25, -0.2) is 0 Å². The molecule has 0 radical (unpaired) electrons. The average molecular weight is 401 g/mol. The summed E-state index contributed by atoms with van der Waals surface area (Å²) in [5, 5.41) is 21.9. The fraction of sp³-hybridized carbons (Fsp3) is 0.208. The minimum Gasteiger partial charge on any atom is -0.502 e. The fourth-order valence-corrected chi connectivity index (χ4v) is 3.81. The molecule has 1 fully saturated rings. The second kappa shape index (κ2) is 8.78. The lowest BCUT2D eigenvalue weighted by Crippen LogP contribution is -2.17. The molecule has 0 unspecified atom stereocenters. The highest BCUT2D eigenvalue weighted by Gasteiger charge is 2.19. The van der Waals surface area contributed by atoms with Crippen molar-refractivity contribution >= 4 is 23.3 Å². The molecule has 152 valence electrons. The Morgan fingerprint density at radius 2 is 1.70 bits per heavy atom. The summed E-state index contributed by atoms with van der Waals surface area (Å²) in [5.41, 5.74) is 3.65. The van der Waals surface area contributed by atoms with Crippen LogP contribution in [-0.2, 0) is 6.42 Å². The summed E-state index contributed by atoms with van der Waals surface area (Å²) in [7, 11) is 0. The third kappa shape index (κ3) is 4.33. The van der Waals surface area contributed by atoms with E-state index in [0.29, 0.717) is 12.0 Å². The highest BCUT2D eigenvalue weighted by molar-refractivity contribution is 5.89. The van der Waals surface area contributed by atoms with E-state index in [9.17, 15) is 15.2 Å². The molecule has 1 aliphatic heterocycles. The van der Waals surface area contributed by atoms with E-state index in [1.807, 2.05) is 54.6 Å². The Bertz CT molecular complexity index is 1070. The molecule has 1 heterocycles. The number of benzene rings is 3. The Balaban J connectivity index is 1.69. The Morgan fingerprint density at radius 1 is 1.00 bits per heavy atom. The maximum atomic E-state index is 11.5. The topological polar surface area (TPSA) is 79.0 Å². The smallest absolute Gasteiger partial charge is 0.311 e. The van der Waals surface area contributed by atoms with Crippen LogP contribution in [-0.4, -0.2) is 29.3 Å². The van der Waals surface area contributed by atoms with Gasteiger partial charge >= 0.3 is 5.69 Å². The van der Waals surface area contributed by atoms with Crippen molar-refractivity contribution < 1.29 is 10.0 Å². The molecule has 4 rings (SSSR count). The van der Waals surface area contributed by atoms with E-state index in [-0.39, 0.29) is 11.4 Å². The van der Waals surface area contributed by atoms with Crippen LogP contribution in [0.25, 0.3) is 0 Å². The van der Waals surface area contributed by atoms with Crippen molar-refractivity contribution in [3.63, 3.8) is 0 Å². The summed E-state index contributed by atoms with van der Waals surface area (Å²) in [6.45, 7) is 1.99. The summed E-state index contributed by atoms with van der Waals surface area (Å²) < 4.78 is 0. The zero-order valence-corrected chi connectivity index (χ0v) is 16.6. The van der Waals surface area contributed by atoms with E-state index >= 15 is 0 Å². The zero-order valence-electron chi connectivity index (χ0n) is 16.6. The van der Waals surface area contributed by atoms with Crippen LogP contribution in [0.4, 0.5) is 17.1 Å². The van der Waals surface area contributed by atoms with Crippen molar-refractivity contribution in [3.05, 3.63) is 93.5 Å². The van der Waals surface area contributed by atoms with Gasteiger partial charge in [0.1, 0.15) is 0 Å². The van der Waals surface area contributed by atoms with Gasteiger partial charge in [-0.05, 0) is 48.6 Å². The Morgan fingerprint density at radius 3 is 2.43 bits per heavy atom. The predicted molar refractivity (Wildman–Crippen MR) is 119 cm³/mol. The minimum atomic E-state index is -0.556. The molecule has 3 aromatic rings. The van der Waals surface area contributed by atoms with E-state index < -0.39 is 4.92 Å². The largest absolute Gasteiger partial charge is 0.502 e. The molecule has 6 nitrogen and oxygen atoms in total. The normalized spacial score (nSPS) is 13.8. The molecule has 0 atom stereocenters. The van der Waals surface area contributed by atoms with Gasteiger partial charge in [-0.2, -0.15) is 0 Å². The summed E-state index contributed by atoms with van der Waals surface area (Å²) in [6.07, 6.45) is 4.37. The molecule has 1 aliphatic rings. The number of anilines is 1. The lowest BCUT2D eigenvalue weighted by molar-refractivity contribution is -0.385. The van der Waals surface area contributed by atoms with Gasteiger partial charge in [0.2, 0.25) is 5.75 Å². The number of phenols is 1. The first-order chi connectivity index (χ1) is 14.6. The van der Waals surface area contributed by atoms with Crippen LogP contribution in [0, 0.1) is 10.1 Å². The number of phenolic OH excluding ortho intramolecular Hbond substituents is 1. The molecule has 0 bridgehead atoms. The highest BCUT2D eigenvalue weighted by Crippen LogP contribution is 2.34. The number of nitro groups is 1. The molecular weight excluding hydrogens is 378 g/mol. The van der Waals surface area contributed by atoms with Crippen molar-refractivity contribution in [2.45, 2.75) is 19.3 Å². The Hall–Kier alpha value is -3.67. The second-order valence-electron chi connectivity index (χ2n) is 7.41. The molecule has 0 spiro atoms. The number of aliphatic imine (C=N–C) groups is 1. The molecule has 6 heteroatoms. The number of hydrogen-bond donors (Lipinski definition) is 1. The standard InChI is InChI=1S/C24H23N3O3/c28-24-20(17-25-21-10-4-5-11-22(21)26-12-6-7-13-26)15-19(16-23(24)27(29)30)14-18-8-2-1-3-9-18/h1-5,8-11,15-17,28H,6-7,12-14H2. The highest BCUT2D eigenvalue weighted by atomic mass is 16.6. The monoisotopic (exact) mass is 401 g/mol. The first kappa shape index (κ1) is 19.6. The van der Waals surface area contributed by atoms with Gasteiger partial charge in [0, 0.05) is 30.9 Å². The molecule has 0 amide bonds. The number of para-hydroxylation sites is 2. The Kier molecular flexibility index (Phi) is 5.75. The summed E-state index contributed by atoms with van der Waals surface area (Å²) in [4.78, 5) is 17.8. The molecular formula is C24H23N3O3. The first-order valence-corrected chi connectivity index (χ1v) is 10.0. The van der Waals surface area contributed by atoms with Gasteiger partial charge in [-0.15, -0.1) is 0 Å². The predicted octanol–water partition coefficient (Wildman–Crippen LogP) is 5.24. The van der Waals surface area contributed by atoms with Crippen molar-refractivity contribution in [2.75, 3.05) is 18.0 Å². The van der Waals surface area contributed by atoms with Crippen LogP contribution in [0.1, 0.15) is 29.5 Å². The second-order valence-corrected chi connectivity index (χ2v) is 7.41. The van der Waals surface area contributed by atoms with Crippen LogP contribution in [0.15, 0.2) is 71.7 Å². The summed E-state index contributed by atoms with van der Waals surface area (Å²) in [6, 6.07) is 20.8. The quantitative estimate of drug-likeness (QED) is 0.348. The molecule has 1 saturated heterocycles.